The van der Waals surface area contributed by atoms with E-state index in [0.717, 1.165) is 6.08 Å². The van der Waals surface area contributed by atoms with Gasteiger partial charge in [-0.15, -0.1) is 0 Å². The second-order valence-electron chi connectivity index (χ2n) is 3.06. The van der Waals surface area contributed by atoms with Crippen molar-refractivity contribution in [2.24, 2.45) is 11.8 Å². The summed E-state index contributed by atoms with van der Waals surface area (Å²) in [5.41, 5.74) is 0.0389. The number of hydrogen-bond acceptors (Lipinski definition) is 1. The smallest absolute Gasteiger partial charge is 0.192 e. The Balaban J connectivity index is 2.96. The fraction of sp³-hybridized carbons (Fsp3) is 0.444. The van der Waals surface area contributed by atoms with Crippen LogP contribution in [0.15, 0.2) is 23.8 Å². The standard InChI is InChI=1S/C9H7BF3N/c10-4-7-2-1-6(5-14)3-8(7)9(11,12)13/h1-3,7-8H,4H2. The van der Waals surface area contributed by atoms with Gasteiger partial charge in [-0.3, -0.25) is 0 Å². The molecule has 0 spiro atoms. The third-order valence-corrected chi connectivity index (χ3v) is 2.12. The number of hydrogen-bond donors (Lipinski definition) is 0. The van der Waals surface area contributed by atoms with Gasteiger partial charge in [0.1, 0.15) is 0 Å². The zero-order valence-electron chi connectivity index (χ0n) is 7.25. The van der Waals surface area contributed by atoms with Gasteiger partial charge in [0.25, 0.3) is 0 Å². The van der Waals surface area contributed by atoms with E-state index in [1.165, 1.54) is 12.2 Å². The Hall–Kier alpha value is -1.18. The average Bonchev–Trinajstić information content (AvgIpc) is 2.15. The van der Waals surface area contributed by atoms with E-state index in [9.17, 15) is 13.2 Å². The zero-order valence-corrected chi connectivity index (χ0v) is 7.25. The highest BCUT2D eigenvalue weighted by atomic mass is 19.4. The second-order valence-corrected chi connectivity index (χ2v) is 3.06. The second kappa shape index (κ2) is 3.91. The SMILES string of the molecule is [B]CC1C=CC(C#N)=CC1C(F)(F)F. The molecule has 5 heteroatoms. The van der Waals surface area contributed by atoms with Gasteiger partial charge in [-0.2, -0.15) is 18.4 Å². The molecular formula is C9H7BF3N. The fourth-order valence-electron chi connectivity index (χ4n) is 1.36. The Kier molecular flexibility index (Phi) is 3.05. The summed E-state index contributed by atoms with van der Waals surface area (Å²) < 4.78 is 37.3. The molecule has 0 bridgehead atoms. The van der Waals surface area contributed by atoms with Crippen molar-refractivity contribution in [2.45, 2.75) is 12.5 Å². The summed E-state index contributed by atoms with van der Waals surface area (Å²) in [6, 6.07) is 1.68. The van der Waals surface area contributed by atoms with Crippen LogP contribution in [0.2, 0.25) is 6.32 Å². The first-order chi connectivity index (χ1) is 6.49. The average molecular weight is 197 g/mol. The predicted molar refractivity (Wildman–Crippen MR) is 46.4 cm³/mol. The van der Waals surface area contributed by atoms with Crippen molar-refractivity contribution in [3.05, 3.63) is 23.8 Å². The molecule has 2 atom stereocenters. The molecule has 1 aliphatic rings. The number of halogens is 3. The van der Waals surface area contributed by atoms with Crippen molar-refractivity contribution in [3.63, 3.8) is 0 Å². The fourth-order valence-corrected chi connectivity index (χ4v) is 1.36. The molecule has 14 heavy (non-hydrogen) atoms. The van der Waals surface area contributed by atoms with E-state index in [0.29, 0.717) is 0 Å². The molecule has 0 aromatic carbocycles. The minimum atomic E-state index is -4.34. The Morgan fingerprint density at radius 2 is 2.14 bits per heavy atom. The van der Waals surface area contributed by atoms with E-state index in [1.54, 1.807) is 6.07 Å². The van der Waals surface area contributed by atoms with Crippen LogP contribution in [0.3, 0.4) is 0 Å². The summed E-state index contributed by atoms with van der Waals surface area (Å²) >= 11 is 0. The highest BCUT2D eigenvalue weighted by molar-refractivity contribution is 6.08. The molecule has 1 rings (SSSR count). The predicted octanol–water partition coefficient (Wildman–Crippen LogP) is 2.39. The molecule has 0 aromatic rings. The van der Waals surface area contributed by atoms with Crippen LogP contribution in [-0.4, -0.2) is 14.0 Å². The maximum atomic E-state index is 12.4. The van der Waals surface area contributed by atoms with Gasteiger partial charge < -0.3 is 0 Å². The monoisotopic (exact) mass is 197 g/mol. The lowest BCUT2D eigenvalue weighted by atomic mass is 9.77. The van der Waals surface area contributed by atoms with Crippen molar-refractivity contribution in [2.75, 3.05) is 0 Å². The van der Waals surface area contributed by atoms with Crippen LogP contribution in [0, 0.1) is 23.2 Å². The van der Waals surface area contributed by atoms with Gasteiger partial charge in [-0.1, -0.05) is 18.5 Å². The summed E-state index contributed by atoms with van der Waals surface area (Å²) in [7, 11) is 5.21. The first kappa shape index (κ1) is 10.9. The maximum Gasteiger partial charge on any atom is 0.395 e. The van der Waals surface area contributed by atoms with E-state index in [4.69, 9.17) is 13.1 Å². The molecule has 0 fully saturated rings. The maximum absolute atomic E-state index is 12.4. The van der Waals surface area contributed by atoms with E-state index in [2.05, 4.69) is 0 Å². The normalized spacial score (nSPS) is 26.9. The first-order valence-corrected chi connectivity index (χ1v) is 4.06. The summed E-state index contributed by atoms with van der Waals surface area (Å²) in [5, 5.41) is 8.47. The lowest BCUT2D eigenvalue weighted by Gasteiger charge is -2.26. The lowest BCUT2D eigenvalue weighted by Crippen LogP contribution is -2.29. The number of rotatable bonds is 1. The minimum Gasteiger partial charge on any atom is -0.192 e. The Morgan fingerprint density at radius 3 is 2.57 bits per heavy atom. The molecule has 0 aliphatic heterocycles. The summed E-state index contributed by atoms with van der Waals surface area (Å²) in [4.78, 5) is 0. The van der Waals surface area contributed by atoms with Gasteiger partial charge in [-0.25, -0.2) is 0 Å². The van der Waals surface area contributed by atoms with E-state index < -0.39 is 18.0 Å². The van der Waals surface area contributed by atoms with Crippen molar-refractivity contribution in [1.29, 1.82) is 5.26 Å². The van der Waals surface area contributed by atoms with E-state index in [1.807, 2.05) is 0 Å². The van der Waals surface area contributed by atoms with Crippen molar-refractivity contribution < 1.29 is 13.2 Å². The molecule has 1 nitrogen and oxygen atoms in total. The lowest BCUT2D eigenvalue weighted by molar-refractivity contribution is -0.169. The largest absolute Gasteiger partial charge is 0.395 e. The summed E-state index contributed by atoms with van der Waals surface area (Å²) in [5.74, 6) is -2.39. The van der Waals surface area contributed by atoms with Gasteiger partial charge in [0, 0.05) is 5.57 Å². The van der Waals surface area contributed by atoms with Crippen LogP contribution < -0.4 is 0 Å². The molecular weight excluding hydrogens is 190 g/mol. The van der Waals surface area contributed by atoms with E-state index >= 15 is 0 Å². The highest BCUT2D eigenvalue weighted by Crippen LogP contribution is 2.38. The molecule has 0 aromatic heterocycles. The summed E-state index contributed by atoms with van der Waals surface area (Å²) in [6.45, 7) is 0. The van der Waals surface area contributed by atoms with Gasteiger partial charge in [-0.05, 0) is 12.0 Å². The van der Waals surface area contributed by atoms with E-state index in [-0.39, 0.29) is 11.9 Å². The highest BCUT2D eigenvalue weighted by Gasteiger charge is 2.42. The number of alkyl halides is 3. The van der Waals surface area contributed by atoms with Crippen LogP contribution in [0.1, 0.15) is 0 Å². The molecule has 0 amide bonds. The Morgan fingerprint density at radius 1 is 1.50 bits per heavy atom. The molecule has 0 N–H and O–H groups in total. The summed E-state index contributed by atoms with van der Waals surface area (Å²) in [6.07, 6.45) is -0.763. The number of allylic oxidation sites excluding steroid dienone is 4. The third-order valence-electron chi connectivity index (χ3n) is 2.12. The Labute approximate surface area is 81.3 Å². The van der Waals surface area contributed by atoms with Gasteiger partial charge >= 0.3 is 6.18 Å². The molecule has 2 unspecified atom stereocenters. The first-order valence-electron chi connectivity index (χ1n) is 4.06. The van der Waals surface area contributed by atoms with Crippen molar-refractivity contribution in [3.8, 4) is 6.07 Å². The Bertz CT molecular complexity index is 311. The minimum absolute atomic E-state index is 0.0389. The molecule has 1 aliphatic carbocycles. The molecule has 0 saturated heterocycles. The topological polar surface area (TPSA) is 23.8 Å². The van der Waals surface area contributed by atoms with Crippen LogP contribution in [0.5, 0.6) is 0 Å². The molecule has 72 valence electrons. The van der Waals surface area contributed by atoms with Crippen LogP contribution in [0.25, 0.3) is 0 Å². The van der Waals surface area contributed by atoms with Crippen LogP contribution in [-0.2, 0) is 0 Å². The van der Waals surface area contributed by atoms with Gasteiger partial charge in [0.2, 0.25) is 0 Å². The van der Waals surface area contributed by atoms with Crippen LogP contribution >= 0.6 is 0 Å². The van der Waals surface area contributed by atoms with Crippen molar-refractivity contribution in [1.82, 2.24) is 0 Å². The van der Waals surface area contributed by atoms with Gasteiger partial charge in [0.05, 0.1) is 19.8 Å². The molecule has 2 radical (unpaired) electrons. The third kappa shape index (κ3) is 2.19. The zero-order chi connectivity index (χ0) is 10.8. The van der Waals surface area contributed by atoms with Crippen LogP contribution in [0.4, 0.5) is 13.2 Å². The van der Waals surface area contributed by atoms with Gasteiger partial charge in [0.15, 0.2) is 0 Å². The van der Waals surface area contributed by atoms with Crippen molar-refractivity contribution >= 4 is 7.85 Å². The quantitative estimate of drug-likeness (QED) is 0.592. The molecule has 0 saturated carbocycles. The molecule has 0 heterocycles. The number of nitrogens with zero attached hydrogens (tertiary/aromatic N) is 1. The number of nitriles is 1.